The molecule has 0 radical (unpaired) electrons. The van der Waals surface area contributed by atoms with Crippen LogP contribution >= 0.6 is 0 Å². The quantitative estimate of drug-likeness (QED) is 0.481. The molecular formula is C19H28FN5O2. The minimum atomic E-state index is -0.735. The van der Waals surface area contributed by atoms with Crippen molar-refractivity contribution in [3.8, 4) is 5.75 Å². The molecule has 0 saturated heterocycles. The van der Waals surface area contributed by atoms with E-state index in [1.165, 1.54) is 24.3 Å². The van der Waals surface area contributed by atoms with Crippen molar-refractivity contribution >= 4 is 5.96 Å². The Labute approximate surface area is 159 Å². The molecule has 0 amide bonds. The summed E-state index contributed by atoms with van der Waals surface area (Å²) in [6.07, 6.45) is -0.735. The summed E-state index contributed by atoms with van der Waals surface area (Å²) in [7, 11) is 1.91. The van der Waals surface area contributed by atoms with Gasteiger partial charge in [0.25, 0.3) is 0 Å². The summed E-state index contributed by atoms with van der Waals surface area (Å²) in [5.74, 6) is 0.801. The van der Waals surface area contributed by atoms with Gasteiger partial charge in [-0.1, -0.05) is 0 Å². The third-order valence-electron chi connectivity index (χ3n) is 4.16. The van der Waals surface area contributed by atoms with E-state index >= 15 is 0 Å². The number of ether oxygens (including phenoxy) is 1. The molecule has 1 aromatic heterocycles. The molecule has 148 valence electrons. The molecule has 0 aliphatic rings. The Balaban J connectivity index is 1.86. The molecule has 1 unspecified atom stereocenters. The smallest absolute Gasteiger partial charge is 0.191 e. The maximum absolute atomic E-state index is 12.9. The van der Waals surface area contributed by atoms with E-state index in [2.05, 4.69) is 20.7 Å². The highest BCUT2D eigenvalue weighted by atomic mass is 19.1. The number of aryl methyl sites for hydroxylation is 2. The maximum Gasteiger partial charge on any atom is 0.191 e. The Morgan fingerprint density at radius 1 is 1.30 bits per heavy atom. The number of benzene rings is 1. The van der Waals surface area contributed by atoms with Gasteiger partial charge in [0.1, 0.15) is 24.3 Å². The number of aliphatic hydroxyl groups is 1. The first-order chi connectivity index (χ1) is 12.9. The van der Waals surface area contributed by atoms with Crippen LogP contribution in [0, 0.1) is 19.7 Å². The normalized spacial score (nSPS) is 12.7. The molecule has 3 N–H and O–H groups in total. The molecule has 0 aliphatic carbocycles. The molecular weight excluding hydrogens is 349 g/mol. The van der Waals surface area contributed by atoms with Crippen LogP contribution in [-0.2, 0) is 13.6 Å². The minimum Gasteiger partial charge on any atom is -0.491 e. The van der Waals surface area contributed by atoms with E-state index in [4.69, 9.17) is 4.74 Å². The number of hydrogen-bond acceptors (Lipinski definition) is 4. The molecule has 7 nitrogen and oxygen atoms in total. The average Bonchev–Trinajstić information content (AvgIpc) is 2.89. The van der Waals surface area contributed by atoms with Gasteiger partial charge in [-0.2, -0.15) is 5.10 Å². The number of nitrogens with one attached hydrogen (secondary N) is 2. The van der Waals surface area contributed by atoms with Crippen molar-refractivity contribution in [2.45, 2.75) is 33.4 Å². The van der Waals surface area contributed by atoms with Gasteiger partial charge in [0, 0.05) is 31.4 Å². The van der Waals surface area contributed by atoms with Gasteiger partial charge in [-0.3, -0.25) is 4.68 Å². The van der Waals surface area contributed by atoms with Crippen LogP contribution in [0.5, 0.6) is 5.75 Å². The largest absolute Gasteiger partial charge is 0.491 e. The van der Waals surface area contributed by atoms with Crippen LogP contribution < -0.4 is 15.4 Å². The van der Waals surface area contributed by atoms with Gasteiger partial charge in [0.15, 0.2) is 5.96 Å². The second kappa shape index (κ2) is 9.91. The first-order valence-corrected chi connectivity index (χ1v) is 8.98. The molecule has 1 heterocycles. The minimum absolute atomic E-state index is 0.0961. The molecule has 0 spiro atoms. The number of rotatable bonds is 8. The van der Waals surface area contributed by atoms with Crippen LogP contribution in [-0.4, -0.2) is 46.6 Å². The summed E-state index contributed by atoms with van der Waals surface area (Å²) in [5, 5.41) is 20.8. The number of halogens is 1. The van der Waals surface area contributed by atoms with Gasteiger partial charge in [0.05, 0.1) is 12.2 Å². The van der Waals surface area contributed by atoms with E-state index in [9.17, 15) is 9.50 Å². The zero-order chi connectivity index (χ0) is 19.8. The summed E-state index contributed by atoms with van der Waals surface area (Å²) in [4.78, 5) is 4.57. The van der Waals surface area contributed by atoms with Gasteiger partial charge >= 0.3 is 0 Å². The van der Waals surface area contributed by atoms with Crippen molar-refractivity contribution in [2.75, 3.05) is 19.7 Å². The number of guanidine groups is 1. The molecule has 2 rings (SSSR count). The maximum atomic E-state index is 12.9. The second-order valence-corrected chi connectivity index (χ2v) is 6.27. The van der Waals surface area contributed by atoms with E-state index in [-0.39, 0.29) is 19.0 Å². The predicted molar refractivity (Wildman–Crippen MR) is 103 cm³/mol. The lowest BCUT2D eigenvalue weighted by atomic mass is 10.2. The lowest BCUT2D eigenvalue weighted by Gasteiger charge is -2.16. The third-order valence-corrected chi connectivity index (χ3v) is 4.16. The Bertz CT molecular complexity index is 758. The SMILES string of the molecule is CCNC(=NCc1c(C)nn(C)c1C)NCC(O)COc1ccc(F)cc1. The van der Waals surface area contributed by atoms with Gasteiger partial charge in [-0.15, -0.1) is 0 Å². The first-order valence-electron chi connectivity index (χ1n) is 8.98. The number of hydrogen-bond donors (Lipinski definition) is 3. The van der Waals surface area contributed by atoms with E-state index in [1.807, 2.05) is 32.5 Å². The van der Waals surface area contributed by atoms with Gasteiger partial charge in [-0.25, -0.2) is 9.38 Å². The lowest BCUT2D eigenvalue weighted by Crippen LogP contribution is -2.42. The van der Waals surface area contributed by atoms with Crippen molar-refractivity contribution < 1.29 is 14.2 Å². The van der Waals surface area contributed by atoms with E-state index in [0.29, 0.717) is 24.8 Å². The van der Waals surface area contributed by atoms with Crippen LogP contribution in [0.4, 0.5) is 4.39 Å². The average molecular weight is 377 g/mol. The number of nitrogens with zero attached hydrogens (tertiary/aromatic N) is 3. The fourth-order valence-corrected chi connectivity index (χ4v) is 2.54. The molecule has 0 fully saturated rings. The zero-order valence-electron chi connectivity index (χ0n) is 16.3. The monoisotopic (exact) mass is 377 g/mol. The van der Waals surface area contributed by atoms with Crippen molar-refractivity contribution in [1.29, 1.82) is 0 Å². The van der Waals surface area contributed by atoms with E-state index in [0.717, 1.165) is 17.0 Å². The van der Waals surface area contributed by atoms with Crippen molar-refractivity contribution in [3.05, 3.63) is 47.0 Å². The van der Waals surface area contributed by atoms with Crippen molar-refractivity contribution in [1.82, 2.24) is 20.4 Å². The van der Waals surface area contributed by atoms with Crippen LogP contribution in [0.15, 0.2) is 29.3 Å². The van der Waals surface area contributed by atoms with Crippen LogP contribution in [0.3, 0.4) is 0 Å². The number of aromatic nitrogens is 2. The van der Waals surface area contributed by atoms with E-state index in [1.54, 1.807) is 0 Å². The predicted octanol–water partition coefficient (Wildman–Crippen LogP) is 1.67. The second-order valence-electron chi connectivity index (χ2n) is 6.27. The highest BCUT2D eigenvalue weighted by molar-refractivity contribution is 5.79. The van der Waals surface area contributed by atoms with Crippen molar-refractivity contribution in [3.63, 3.8) is 0 Å². The fourth-order valence-electron chi connectivity index (χ4n) is 2.54. The van der Waals surface area contributed by atoms with Gasteiger partial charge in [0.2, 0.25) is 0 Å². The standard InChI is InChI=1S/C19H28FN5O2/c1-5-21-19(23-11-18-13(2)24-25(4)14(18)3)22-10-16(26)12-27-17-8-6-15(20)7-9-17/h6-9,16,26H,5,10-12H2,1-4H3,(H2,21,22,23). The van der Waals surface area contributed by atoms with Gasteiger partial charge < -0.3 is 20.5 Å². The van der Waals surface area contributed by atoms with Crippen LogP contribution in [0.25, 0.3) is 0 Å². The summed E-state index contributed by atoms with van der Waals surface area (Å²) >= 11 is 0. The lowest BCUT2D eigenvalue weighted by molar-refractivity contribution is 0.110. The van der Waals surface area contributed by atoms with E-state index < -0.39 is 6.10 Å². The molecule has 27 heavy (non-hydrogen) atoms. The Morgan fingerprint density at radius 3 is 2.59 bits per heavy atom. The van der Waals surface area contributed by atoms with Crippen molar-refractivity contribution in [2.24, 2.45) is 12.0 Å². The van der Waals surface area contributed by atoms with Crippen LogP contribution in [0.2, 0.25) is 0 Å². The molecule has 0 aliphatic heterocycles. The highest BCUT2D eigenvalue weighted by Crippen LogP contribution is 2.13. The summed E-state index contributed by atoms with van der Waals surface area (Å²) < 4.78 is 20.2. The Morgan fingerprint density at radius 2 is 2.00 bits per heavy atom. The molecule has 2 aromatic rings. The van der Waals surface area contributed by atoms with Gasteiger partial charge in [-0.05, 0) is 45.0 Å². The third kappa shape index (κ3) is 6.25. The molecule has 8 heteroatoms. The molecule has 1 atom stereocenters. The molecule has 1 aromatic carbocycles. The Kier molecular flexibility index (Phi) is 7.60. The zero-order valence-corrected chi connectivity index (χ0v) is 16.3. The molecule has 0 saturated carbocycles. The molecule has 0 bridgehead atoms. The fraction of sp³-hybridized carbons (Fsp3) is 0.474. The topological polar surface area (TPSA) is 83.7 Å². The summed E-state index contributed by atoms with van der Waals surface area (Å²) in [6, 6.07) is 5.69. The summed E-state index contributed by atoms with van der Waals surface area (Å²) in [6.45, 7) is 7.54. The number of aliphatic hydroxyl groups excluding tert-OH is 1. The first kappa shape index (κ1) is 20.7. The highest BCUT2D eigenvalue weighted by Gasteiger charge is 2.10. The Hall–Kier alpha value is -2.61. The number of aliphatic imine (C=N–C) groups is 1. The summed E-state index contributed by atoms with van der Waals surface area (Å²) in [5.41, 5.74) is 3.14. The van der Waals surface area contributed by atoms with Crippen LogP contribution in [0.1, 0.15) is 23.9 Å².